The second kappa shape index (κ2) is 6.21. The molecule has 2 aromatic heterocycles. The number of nitrogens with one attached hydrogen (secondary N) is 1. The van der Waals surface area contributed by atoms with Crippen molar-refractivity contribution in [2.24, 2.45) is 7.05 Å². The number of carbonyl (C=O) groups is 1. The van der Waals surface area contributed by atoms with Crippen LogP contribution in [0.5, 0.6) is 0 Å². The molecule has 0 bridgehead atoms. The Morgan fingerprint density at radius 1 is 1.45 bits per heavy atom. The molecule has 6 nitrogen and oxygen atoms in total. The number of fused-ring (bicyclic) bond motifs is 1. The van der Waals surface area contributed by atoms with Crippen LogP contribution in [0.25, 0.3) is 11.2 Å². The summed E-state index contributed by atoms with van der Waals surface area (Å²) in [5.74, 6) is -0.209. The molecule has 0 saturated heterocycles. The van der Waals surface area contributed by atoms with Gasteiger partial charge in [-0.1, -0.05) is 13.3 Å². The van der Waals surface area contributed by atoms with Crippen molar-refractivity contribution < 1.29 is 9.53 Å². The summed E-state index contributed by atoms with van der Waals surface area (Å²) in [6.45, 7) is 4.82. The van der Waals surface area contributed by atoms with E-state index in [1.807, 2.05) is 16.3 Å². The van der Waals surface area contributed by atoms with Crippen molar-refractivity contribution in [3.63, 3.8) is 0 Å². The number of carbonyl (C=O) groups excluding carboxylic acids is 1. The highest BCUT2D eigenvalue weighted by Crippen LogP contribution is 2.19. The van der Waals surface area contributed by atoms with Crippen LogP contribution in [0.3, 0.4) is 0 Å². The molecule has 20 heavy (non-hydrogen) atoms. The lowest BCUT2D eigenvalue weighted by molar-refractivity contribution is -0.143. The largest absolute Gasteiger partial charge is 0.466 e. The second-order valence-electron chi connectivity index (χ2n) is 4.66. The van der Waals surface area contributed by atoms with E-state index in [1.165, 1.54) is 0 Å². The number of aromatic amines is 1. The van der Waals surface area contributed by atoms with Crippen molar-refractivity contribution in [3.05, 3.63) is 10.5 Å². The van der Waals surface area contributed by atoms with Crippen molar-refractivity contribution in [1.82, 2.24) is 19.3 Å². The molecule has 0 saturated carbocycles. The number of esters is 1. The van der Waals surface area contributed by atoms with Crippen LogP contribution >= 0.6 is 12.2 Å². The van der Waals surface area contributed by atoms with Gasteiger partial charge in [-0.05, 0) is 25.6 Å². The van der Waals surface area contributed by atoms with E-state index in [0.717, 1.165) is 29.7 Å². The van der Waals surface area contributed by atoms with Gasteiger partial charge in [0.05, 0.1) is 18.7 Å². The van der Waals surface area contributed by atoms with Gasteiger partial charge in [-0.15, -0.1) is 0 Å². The molecule has 0 unspecified atom stereocenters. The fourth-order valence-electron chi connectivity index (χ4n) is 2.33. The monoisotopic (exact) mass is 296 g/mol. The molecule has 0 aliphatic rings. The van der Waals surface area contributed by atoms with Crippen molar-refractivity contribution >= 4 is 29.4 Å². The van der Waals surface area contributed by atoms with Crippen molar-refractivity contribution in [2.45, 2.75) is 39.7 Å². The Balaban J connectivity index is 2.31. The number of aryl methyl sites for hydroxylation is 3. The maximum atomic E-state index is 11.5. The van der Waals surface area contributed by atoms with Crippen molar-refractivity contribution in [3.8, 4) is 0 Å². The van der Waals surface area contributed by atoms with Gasteiger partial charge in [-0.25, -0.2) is 0 Å². The average molecular weight is 296 g/mol. The van der Waals surface area contributed by atoms with E-state index in [4.69, 9.17) is 17.0 Å². The topological polar surface area (TPSA) is 64.8 Å². The zero-order valence-electron chi connectivity index (χ0n) is 12.1. The minimum absolute atomic E-state index is 0.209. The first-order valence-corrected chi connectivity index (χ1v) is 7.29. The number of nitrogens with zero attached hydrogens (tertiary/aromatic N) is 3. The van der Waals surface area contributed by atoms with E-state index in [-0.39, 0.29) is 5.97 Å². The number of hydrogen-bond donors (Lipinski definition) is 1. The highest BCUT2D eigenvalue weighted by Gasteiger charge is 2.15. The van der Waals surface area contributed by atoms with Gasteiger partial charge in [0.25, 0.3) is 0 Å². The average Bonchev–Trinajstić information content (AvgIpc) is 2.87. The quantitative estimate of drug-likeness (QED) is 0.656. The molecule has 0 radical (unpaired) electrons. The highest BCUT2D eigenvalue weighted by molar-refractivity contribution is 7.71. The van der Waals surface area contributed by atoms with Crippen LogP contribution < -0.4 is 0 Å². The Morgan fingerprint density at radius 2 is 2.20 bits per heavy atom. The normalized spacial score (nSPS) is 11.2. The lowest BCUT2D eigenvalue weighted by Gasteiger charge is -2.04. The molecule has 0 amide bonds. The van der Waals surface area contributed by atoms with Gasteiger partial charge in [-0.3, -0.25) is 9.48 Å². The van der Waals surface area contributed by atoms with E-state index in [1.54, 1.807) is 6.92 Å². The molecule has 0 atom stereocenters. The van der Waals surface area contributed by atoms with Gasteiger partial charge < -0.3 is 14.3 Å². The number of imidazole rings is 1. The Labute approximate surface area is 122 Å². The van der Waals surface area contributed by atoms with Crippen LogP contribution in [0.1, 0.15) is 32.4 Å². The van der Waals surface area contributed by atoms with Crippen LogP contribution in [0.2, 0.25) is 0 Å². The summed E-state index contributed by atoms with van der Waals surface area (Å²) in [7, 11) is 1.89. The van der Waals surface area contributed by atoms with Gasteiger partial charge in [0, 0.05) is 13.6 Å². The van der Waals surface area contributed by atoms with Crippen LogP contribution in [-0.4, -0.2) is 31.9 Å². The third-order valence-corrected chi connectivity index (χ3v) is 3.48. The summed E-state index contributed by atoms with van der Waals surface area (Å²) in [4.78, 5) is 14.7. The Kier molecular flexibility index (Phi) is 4.59. The first kappa shape index (κ1) is 14.8. The summed E-state index contributed by atoms with van der Waals surface area (Å²) < 4.78 is 9.29. The summed E-state index contributed by atoms with van der Waals surface area (Å²) >= 11 is 5.34. The minimum atomic E-state index is -0.209. The molecule has 0 aliphatic carbocycles. The molecule has 110 valence electrons. The van der Waals surface area contributed by atoms with Gasteiger partial charge in [0.15, 0.2) is 10.4 Å². The van der Waals surface area contributed by atoms with E-state index < -0.39 is 0 Å². The molecular formula is C13H20N4O2S. The first-order chi connectivity index (χ1) is 9.58. The maximum Gasteiger partial charge on any atom is 0.307 e. The summed E-state index contributed by atoms with van der Waals surface area (Å²) in [6, 6.07) is 0. The fraction of sp³-hybridized carbons (Fsp3) is 0.615. The predicted molar refractivity (Wildman–Crippen MR) is 79.1 cm³/mol. The molecule has 0 fully saturated rings. The lowest BCUT2D eigenvalue weighted by Crippen LogP contribution is -2.10. The SMILES string of the molecule is CCCc1nn(C)c2c1[nH]c(=S)n2CCC(=O)OCC. The summed E-state index contributed by atoms with van der Waals surface area (Å²) in [5.41, 5.74) is 2.93. The van der Waals surface area contributed by atoms with Gasteiger partial charge in [0.1, 0.15) is 5.52 Å². The maximum absolute atomic E-state index is 11.5. The molecule has 0 aromatic carbocycles. The Bertz CT molecular complexity index is 668. The van der Waals surface area contributed by atoms with Crippen LogP contribution in [0.4, 0.5) is 0 Å². The first-order valence-electron chi connectivity index (χ1n) is 6.88. The van der Waals surface area contributed by atoms with Crippen LogP contribution in [0, 0.1) is 4.77 Å². The smallest absolute Gasteiger partial charge is 0.307 e. The predicted octanol–water partition coefficient (Wildman–Crippen LogP) is 2.34. The molecule has 2 heterocycles. The molecular weight excluding hydrogens is 276 g/mol. The zero-order chi connectivity index (χ0) is 14.7. The minimum Gasteiger partial charge on any atom is -0.466 e. The highest BCUT2D eigenvalue weighted by atomic mass is 32.1. The Hall–Kier alpha value is -1.63. The standard InChI is InChI=1S/C13H20N4O2S/c1-4-6-9-11-12(16(3)15-9)17(13(20)14-11)8-7-10(18)19-5-2/h4-8H2,1-3H3,(H,14,20). The molecule has 2 rings (SSSR count). The van der Waals surface area contributed by atoms with Gasteiger partial charge in [-0.2, -0.15) is 5.10 Å². The number of rotatable bonds is 6. The van der Waals surface area contributed by atoms with E-state index >= 15 is 0 Å². The van der Waals surface area contributed by atoms with E-state index in [9.17, 15) is 4.79 Å². The molecule has 1 N–H and O–H groups in total. The number of hydrogen-bond acceptors (Lipinski definition) is 4. The van der Waals surface area contributed by atoms with Crippen molar-refractivity contribution in [1.29, 1.82) is 0 Å². The molecule has 7 heteroatoms. The van der Waals surface area contributed by atoms with E-state index in [2.05, 4.69) is 17.0 Å². The summed E-state index contributed by atoms with van der Waals surface area (Å²) in [6.07, 6.45) is 2.24. The van der Waals surface area contributed by atoms with E-state index in [0.29, 0.717) is 24.3 Å². The van der Waals surface area contributed by atoms with Gasteiger partial charge >= 0.3 is 5.97 Å². The van der Waals surface area contributed by atoms with Crippen LogP contribution in [-0.2, 0) is 29.5 Å². The fourth-order valence-corrected chi connectivity index (χ4v) is 2.61. The third kappa shape index (κ3) is 2.77. The molecule has 0 aliphatic heterocycles. The third-order valence-electron chi connectivity index (χ3n) is 3.15. The molecule has 0 spiro atoms. The van der Waals surface area contributed by atoms with Crippen molar-refractivity contribution in [2.75, 3.05) is 6.61 Å². The van der Waals surface area contributed by atoms with Gasteiger partial charge in [0.2, 0.25) is 0 Å². The zero-order valence-corrected chi connectivity index (χ0v) is 12.9. The van der Waals surface area contributed by atoms with Crippen LogP contribution in [0.15, 0.2) is 0 Å². The summed E-state index contributed by atoms with van der Waals surface area (Å²) in [5, 5.41) is 4.51. The number of ether oxygens (including phenoxy) is 1. The lowest BCUT2D eigenvalue weighted by atomic mass is 10.2. The number of aromatic nitrogens is 4. The molecule has 2 aromatic rings. The number of H-pyrrole nitrogens is 1. The Morgan fingerprint density at radius 3 is 2.85 bits per heavy atom. The second-order valence-corrected chi connectivity index (χ2v) is 5.04.